The van der Waals surface area contributed by atoms with Crippen molar-refractivity contribution < 1.29 is 13.2 Å². The lowest BCUT2D eigenvalue weighted by molar-refractivity contribution is 0.496. The molecule has 2 aromatic rings. The molecular weight excluding hydrogens is 221 g/mol. The lowest BCUT2D eigenvalue weighted by Gasteiger charge is -2.02. The molecule has 0 unspecified atom stereocenters. The van der Waals surface area contributed by atoms with Crippen molar-refractivity contribution in [2.45, 2.75) is 0 Å². The molecule has 0 bridgehead atoms. The zero-order chi connectivity index (χ0) is 11.7. The Kier molecular flexibility index (Phi) is 2.47. The highest BCUT2D eigenvalue weighted by Gasteiger charge is 2.13. The minimum Gasteiger partial charge on any atom is -0.313 e. The molecule has 1 aromatic carbocycles. The van der Waals surface area contributed by atoms with E-state index in [0.717, 1.165) is 12.5 Å². The van der Waals surface area contributed by atoms with Crippen LogP contribution in [0.4, 0.5) is 13.2 Å². The van der Waals surface area contributed by atoms with Crippen LogP contribution in [0.2, 0.25) is 0 Å². The van der Waals surface area contributed by atoms with Gasteiger partial charge in [-0.2, -0.15) is 0 Å². The van der Waals surface area contributed by atoms with Crippen LogP contribution in [0.5, 0.6) is 0 Å². The summed E-state index contributed by atoms with van der Waals surface area (Å²) in [6, 6.07) is 1.01. The Hall–Kier alpha value is -2.11. The van der Waals surface area contributed by atoms with Crippen molar-refractivity contribution in [1.82, 2.24) is 9.97 Å². The van der Waals surface area contributed by atoms with E-state index in [1.165, 1.54) is 0 Å². The third kappa shape index (κ3) is 1.69. The van der Waals surface area contributed by atoms with E-state index in [2.05, 4.69) is 9.97 Å². The van der Waals surface area contributed by atoms with E-state index >= 15 is 0 Å². The SMILES string of the molecule is O=c1[nH]cncc1-c1cc(F)c(F)cc1F. The summed E-state index contributed by atoms with van der Waals surface area (Å²) in [6.07, 6.45) is 2.19. The summed E-state index contributed by atoms with van der Waals surface area (Å²) in [4.78, 5) is 17.1. The zero-order valence-electron chi connectivity index (χ0n) is 7.80. The lowest BCUT2D eigenvalue weighted by atomic mass is 10.1. The van der Waals surface area contributed by atoms with Crippen LogP contribution in [0.25, 0.3) is 11.1 Å². The Balaban J connectivity index is 2.70. The number of aromatic nitrogens is 2. The second-order valence-corrected chi connectivity index (χ2v) is 3.04. The lowest BCUT2D eigenvalue weighted by Crippen LogP contribution is -2.09. The maximum Gasteiger partial charge on any atom is 0.258 e. The first-order valence-electron chi connectivity index (χ1n) is 4.27. The third-order valence-electron chi connectivity index (χ3n) is 2.02. The fourth-order valence-electron chi connectivity index (χ4n) is 1.26. The number of nitrogens with one attached hydrogen (secondary N) is 1. The highest BCUT2D eigenvalue weighted by Crippen LogP contribution is 2.21. The first kappa shape index (κ1) is 10.4. The van der Waals surface area contributed by atoms with Gasteiger partial charge in [-0.15, -0.1) is 0 Å². The van der Waals surface area contributed by atoms with Crippen LogP contribution in [-0.2, 0) is 0 Å². The van der Waals surface area contributed by atoms with E-state index in [4.69, 9.17) is 0 Å². The Labute approximate surface area is 87.6 Å². The molecule has 2 rings (SSSR count). The molecule has 0 radical (unpaired) electrons. The molecule has 0 saturated carbocycles. The Morgan fingerprint density at radius 3 is 2.38 bits per heavy atom. The van der Waals surface area contributed by atoms with Crippen LogP contribution in [0.1, 0.15) is 0 Å². The van der Waals surface area contributed by atoms with Gasteiger partial charge in [-0.1, -0.05) is 0 Å². The molecule has 1 aromatic heterocycles. The van der Waals surface area contributed by atoms with Gasteiger partial charge in [0.15, 0.2) is 11.6 Å². The topological polar surface area (TPSA) is 45.8 Å². The summed E-state index contributed by atoms with van der Waals surface area (Å²) in [7, 11) is 0. The van der Waals surface area contributed by atoms with Gasteiger partial charge in [0, 0.05) is 17.8 Å². The molecule has 3 nitrogen and oxygen atoms in total. The van der Waals surface area contributed by atoms with Crippen LogP contribution in [-0.4, -0.2) is 9.97 Å². The van der Waals surface area contributed by atoms with Gasteiger partial charge in [-0.3, -0.25) is 4.79 Å². The molecule has 6 heteroatoms. The second kappa shape index (κ2) is 3.80. The maximum absolute atomic E-state index is 13.3. The van der Waals surface area contributed by atoms with Crippen LogP contribution in [0, 0.1) is 17.5 Å². The average molecular weight is 226 g/mol. The van der Waals surface area contributed by atoms with Gasteiger partial charge in [-0.05, 0) is 6.07 Å². The van der Waals surface area contributed by atoms with Crippen LogP contribution in [0.15, 0.2) is 29.5 Å². The Morgan fingerprint density at radius 2 is 1.69 bits per heavy atom. The van der Waals surface area contributed by atoms with Crippen molar-refractivity contribution in [2.24, 2.45) is 0 Å². The largest absolute Gasteiger partial charge is 0.313 e. The molecule has 1 N–H and O–H groups in total. The maximum atomic E-state index is 13.3. The summed E-state index contributed by atoms with van der Waals surface area (Å²) in [5.74, 6) is -3.54. The van der Waals surface area contributed by atoms with Gasteiger partial charge in [0.05, 0.1) is 11.9 Å². The average Bonchev–Trinajstić information content (AvgIpc) is 2.25. The van der Waals surface area contributed by atoms with Crippen molar-refractivity contribution in [2.75, 3.05) is 0 Å². The smallest absolute Gasteiger partial charge is 0.258 e. The fraction of sp³-hybridized carbons (Fsp3) is 0. The van der Waals surface area contributed by atoms with Crippen LogP contribution in [0.3, 0.4) is 0 Å². The number of nitrogens with zero attached hydrogens (tertiary/aromatic N) is 1. The second-order valence-electron chi connectivity index (χ2n) is 3.04. The summed E-state index contributed by atoms with van der Waals surface area (Å²) in [5.41, 5.74) is -1.10. The number of halogens is 3. The summed E-state index contributed by atoms with van der Waals surface area (Å²) >= 11 is 0. The fourth-order valence-corrected chi connectivity index (χ4v) is 1.26. The van der Waals surface area contributed by atoms with Crippen molar-refractivity contribution in [3.05, 3.63) is 52.5 Å². The van der Waals surface area contributed by atoms with Gasteiger partial charge in [0.25, 0.3) is 5.56 Å². The van der Waals surface area contributed by atoms with Crippen molar-refractivity contribution >= 4 is 0 Å². The molecule has 0 spiro atoms. The Morgan fingerprint density at radius 1 is 1.00 bits per heavy atom. The molecule has 16 heavy (non-hydrogen) atoms. The minimum absolute atomic E-state index is 0.154. The van der Waals surface area contributed by atoms with Gasteiger partial charge in [0.2, 0.25) is 0 Å². The van der Waals surface area contributed by atoms with Gasteiger partial charge in [0.1, 0.15) is 5.82 Å². The number of aromatic amines is 1. The molecule has 0 amide bonds. The first-order chi connectivity index (χ1) is 7.59. The molecular formula is C10H5F3N2O. The predicted molar refractivity (Wildman–Crippen MR) is 50.2 cm³/mol. The number of hydrogen-bond acceptors (Lipinski definition) is 2. The van der Waals surface area contributed by atoms with E-state index in [1.54, 1.807) is 0 Å². The molecule has 0 atom stereocenters. The summed E-state index contributed by atoms with van der Waals surface area (Å²) in [6.45, 7) is 0. The number of hydrogen-bond donors (Lipinski definition) is 1. The van der Waals surface area contributed by atoms with E-state index in [0.29, 0.717) is 12.1 Å². The number of H-pyrrole nitrogens is 1. The van der Waals surface area contributed by atoms with E-state index in [9.17, 15) is 18.0 Å². The van der Waals surface area contributed by atoms with Crippen molar-refractivity contribution in [1.29, 1.82) is 0 Å². The summed E-state index contributed by atoms with van der Waals surface area (Å²) < 4.78 is 38.9. The van der Waals surface area contributed by atoms with Crippen LogP contribution < -0.4 is 5.56 Å². The zero-order valence-corrected chi connectivity index (χ0v) is 7.80. The van der Waals surface area contributed by atoms with Gasteiger partial charge >= 0.3 is 0 Å². The van der Waals surface area contributed by atoms with E-state index < -0.39 is 23.0 Å². The molecule has 0 aliphatic carbocycles. The number of rotatable bonds is 1. The number of benzene rings is 1. The standard InChI is InChI=1S/C10H5F3N2O/c11-7-2-9(13)8(12)1-5(7)6-3-14-4-15-10(6)16/h1-4H,(H,14,15,16). The monoisotopic (exact) mass is 226 g/mol. The highest BCUT2D eigenvalue weighted by molar-refractivity contribution is 5.62. The third-order valence-corrected chi connectivity index (χ3v) is 2.02. The molecule has 0 saturated heterocycles. The molecule has 0 aliphatic heterocycles. The minimum atomic E-state index is -1.30. The molecule has 0 aliphatic rings. The van der Waals surface area contributed by atoms with E-state index in [1.807, 2.05) is 0 Å². The normalized spacial score (nSPS) is 10.4. The van der Waals surface area contributed by atoms with E-state index in [-0.39, 0.29) is 11.1 Å². The van der Waals surface area contributed by atoms with Crippen molar-refractivity contribution in [3.63, 3.8) is 0 Å². The first-order valence-corrected chi connectivity index (χ1v) is 4.27. The van der Waals surface area contributed by atoms with Gasteiger partial charge < -0.3 is 4.98 Å². The Bertz CT molecular complexity index is 595. The molecule has 1 heterocycles. The van der Waals surface area contributed by atoms with Gasteiger partial charge in [-0.25, -0.2) is 18.2 Å². The van der Waals surface area contributed by atoms with Crippen LogP contribution >= 0.6 is 0 Å². The summed E-state index contributed by atoms with van der Waals surface area (Å²) in [5, 5.41) is 0. The predicted octanol–water partition coefficient (Wildman–Crippen LogP) is 1.85. The molecule has 0 fully saturated rings. The van der Waals surface area contributed by atoms with Crippen molar-refractivity contribution in [3.8, 4) is 11.1 Å². The highest BCUT2D eigenvalue weighted by atomic mass is 19.2. The quantitative estimate of drug-likeness (QED) is 0.754. The molecule has 82 valence electrons.